The smallest absolute Gasteiger partial charge is 0.332 e. The lowest BCUT2D eigenvalue weighted by Gasteiger charge is -2.29. The largest absolute Gasteiger partial charge is 0.358 e. The lowest BCUT2D eigenvalue weighted by molar-refractivity contribution is -0.119. The molecule has 40 heavy (non-hydrogen) atoms. The number of nitrogens with one attached hydrogen (secondary N) is 1. The van der Waals surface area contributed by atoms with E-state index in [0.717, 1.165) is 12.0 Å². The van der Waals surface area contributed by atoms with Crippen LogP contribution < -0.4 is 20.0 Å². The van der Waals surface area contributed by atoms with Crippen LogP contribution in [0.1, 0.15) is 59.9 Å². The molecule has 3 heterocycles. The van der Waals surface area contributed by atoms with Gasteiger partial charge in [-0.05, 0) is 71.6 Å². The Kier molecular flexibility index (Phi) is 8.70. The minimum Gasteiger partial charge on any atom is -0.358 e. The molecule has 1 aromatic carbocycles. The second-order valence-corrected chi connectivity index (χ2v) is 10.5. The van der Waals surface area contributed by atoms with Crippen LogP contribution in [0.25, 0.3) is 0 Å². The van der Waals surface area contributed by atoms with Crippen molar-refractivity contribution in [1.29, 1.82) is 0 Å². The molecule has 1 N–H and O–H groups in total. The van der Waals surface area contributed by atoms with Crippen molar-refractivity contribution in [2.75, 3.05) is 39.7 Å². The van der Waals surface area contributed by atoms with E-state index in [0.29, 0.717) is 55.6 Å². The van der Waals surface area contributed by atoms with Gasteiger partial charge in [0.15, 0.2) is 11.6 Å². The molecule has 2 atom stereocenters. The fraction of sp³-hybridized carbons (Fsp3) is 0.517. The number of urea groups is 1. The van der Waals surface area contributed by atoms with Crippen LogP contribution in [0.5, 0.6) is 0 Å². The fourth-order valence-electron chi connectivity index (χ4n) is 5.46. The normalized spacial score (nSPS) is 17.3. The molecule has 1 unspecified atom stereocenters. The Morgan fingerprint density at radius 2 is 1.77 bits per heavy atom. The van der Waals surface area contributed by atoms with Crippen molar-refractivity contribution < 1.29 is 19.2 Å². The Bertz CT molecular complexity index is 1250. The quantitative estimate of drug-likeness (QED) is 0.422. The lowest BCUT2D eigenvalue weighted by atomic mass is 10.0. The van der Waals surface area contributed by atoms with Crippen molar-refractivity contribution in [2.45, 2.75) is 78.9 Å². The Hall–Kier alpha value is -4.02. The Balaban J connectivity index is 1.60. The fourth-order valence-corrected chi connectivity index (χ4v) is 5.46. The molecule has 2 aliphatic heterocycles. The molecule has 0 bridgehead atoms. The number of carbonyl (C=O) groups excluding carboxylic acids is 4. The summed E-state index contributed by atoms with van der Waals surface area (Å²) in [7, 11) is 0. The highest BCUT2D eigenvalue weighted by Crippen LogP contribution is 2.32. The first-order chi connectivity index (χ1) is 19.1. The summed E-state index contributed by atoms with van der Waals surface area (Å²) in [6, 6.07) is 5.74. The lowest BCUT2D eigenvalue weighted by Crippen LogP contribution is -2.38. The molecule has 4 rings (SSSR count). The van der Waals surface area contributed by atoms with Crippen molar-refractivity contribution in [2.24, 2.45) is 0 Å². The average molecular weight is 550 g/mol. The molecular formula is C29H39N7O4. The second-order valence-electron chi connectivity index (χ2n) is 10.5. The van der Waals surface area contributed by atoms with Gasteiger partial charge in [-0.15, -0.1) is 0 Å². The SMILES string of the molecule is CCN(CC)c1ncc(N(C(C)=O)C(C)C)c(N[C@@H](Cc2ccc(N3C(=O)C4CCCN4C3=O)cc2)C(C)=O)n1. The molecule has 11 nitrogen and oxygen atoms in total. The molecule has 0 aliphatic carbocycles. The highest BCUT2D eigenvalue weighted by Gasteiger charge is 2.47. The zero-order chi connectivity index (χ0) is 29.1. The van der Waals surface area contributed by atoms with E-state index in [1.54, 1.807) is 28.1 Å². The van der Waals surface area contributed by atoms with Crippen molar-refractivity contribution in [3.8, 4) is 0 Å². The van der Waals surface area contributed by atoms with Crippen LogP contribution in [0, 0.1) is 0 Å². The number of benzene rings is 1. The van der Waals surface area contributed by atoms with E-state index >= 15 is 0 Å². The number of rotatable bonds is 11. The summed E-state index contributed by atoms with van der Waals surface area (Å²) in [6.45, 7) is 12.9. The van der Waals surface area contributed by atoms with Crippen molar-refractivity contribution in [3.05, 3.63) is 36.0 Å². The van der Waals surface area contributed by atoms with Gasteiger partial charge in [0.1, 0.15) is 11.7 Å². The van der Waals surface area contributed by atoms with Gasteiger partial charge in [-0.25, -0.2) is 14.7 Å². The summed E-state index contributed by atoms with van der Waals surface area (Å²) < 4.78 is 0. The van der Waals surface area contributed by atoms with Crippen LogP contribution >= 0.6 is 0 Å². The maximum absolute atomic E-state index is 12.8. The Morgan fingerprint density at radius 3 is 2.33 bits per heavy atom. The molecule has 4 amide bonds. The van der Waals surface area contributed by atoms with Crippen molar-refractivity contribution in [3.63, 3.8) is 0 Å². The van der Waals surface area contributed by atoms with E-state index in [9.17, 15) is 19.2 Å². The first kappa shape index (κ1) is 29.0. The van der Waals surface area contributed by atoms with Crippen LogP contribution in [-0.4, -0.2) is 76.3 Å². The standard InChI is InChI=1S/C29H39N7O4/c1-7-33(8-2)28-30-17-25(35(18(3)4)20(6)38)26(32-28)31-23(19(5)37)16-21-11-13-22(14-12-21)36-27(39)24-10-9-15-34(24)29(36)40/h11-14,17-18,23-24H,7-10,15-16H2,1-6H3,(H,30,31,32)/t23-,24?/m0/s1. The van der Waals surface area contributed by atoms with Gasteiger partial charge in [-0.3, -0.25) is 14.4 Å². The number of ketones is 1. The zero-order valence-corrected chi connectivity index (χ0v) is 24.2. The highest BCUT2D eigenvalue weighted by atomic mass is 16.2. The third-order valence-corrected chi connectivity index (χ3v) is 7.55. The topological polar surface area (TPSA) is 119 Å². The predicted octanol–water partition coefficient (Wildman–Crippen LogP) is 3.63. The number of amides is 4. The van der Waals surface area contributed by atoms with Gasteiger partial charge < -0.3 is 20.0 Å². The average Bonchev–Trinajstić information content (AvgIpc) is 3.49. The summed E-state index contributed by atoms with van der Waals surface area (Å²) in [5, 5.41) is 3.29. The summed E-state index contributed by atoms with van der Waals surface area (Å²) >= 11 is 0. The van der Waals surface area contributed by atoms with Crippen LogP contribution in [0.3, 0.4) is 0 Å². The third kappa shape index (κ3) is 5.64. The van der Waals surface area contributed by atoms with Crippen molar-refractivity contribution in [1.82, 2.24) is 14.9 Å². The van der Waals surface area contributed by atoms with Gasteiger partial charge in [0.05, 0.1) is 17.9 Å². The molecule has 0 saturated carbocycles. The summed E-state index contributed by atoms with van der Waals surface area (Å²) in [5.41, 5.74) is 1.88. The number of aromatic nitrogens is 2. The van der Waals surface area contributed by atoms with Crippen LogP contribution in [-0.2, 0) is 20.8 Å². The minimum absolute atomic E-state index is 0.0949. The van der Waals surface area contributed by atoms with Crippen LogP contribution in [0.15, 0.2) is 30.5 Å². The molecule has 214 valence electrons. The first-order valence-electron chi connectivity index (χ1n) is 14.0. The third-order valence-electron chi connectivity index (χ3n) is 7.55. The molecule has 2 aromatic rings. The van der Waals surface area contributed by atoms with Gasteiger partial charge >= 0.3 is 6.03 Å². The summed E-state index contributed by atoms with van der Waals surface area (Å²) in [5.74, 6) is 0.488. The maximum Gasteiger partial charge on any atom is 0.332 e. The number of Topliss-reactive ketones (excluding diaryl/α,β-unsaturated/α-hetero) is 1. The minimum atomic E-state index is -0.634. The molecule has 1 aromatic heterocycles. The summed E-state index contributed by atoms with van der Waals surface area (Å²) in [4.78, 5) is 66.7. The first-order valence-corrected chi connectivity index (χ1v) is 14.0. The molecule has 2 aliphatic rings. The van der Waals surface area contributed by atoms with E-state index in [1.165, 1.54) is 18.7 Å². The van der Waals surface area contributed by atoms with Gasteiger partial charge in [0, 0.05) is 32.6 Å². The number of imide groups is 1. The van der Waals surface area contributed by atoms with E-state index < -0.39 is 6.04 Å². The number of carbonyl (C=O) groups is 4. The Labute approximate surface area is 235 Å². The zero-order valence-electron chi connectivity index (χ0n) is 24.2. The van der Waals surface area contributed by atoms with Gasteiger partial charge in [-0.1, -0.05) is 12.1 Å². The molecule has 11 heteroatoms. The maximum atomic E-state index is 12.8. The van der Waals surface area contributed by atoms with Gasteiger partial charge in [-0.2, -0.15) is 4.98 Å². The number of hydrogen-bond donors (Lipinski definition) is 1. The molecule has 2 fully saturated rings. The Morgan fingerprint density at radius 1 is 1.10 bits per heavy atom. The van der Waals surface area contributed by atoms with E-state index in [4.69, 9.17) is 4.98 Å². The van der Waals surface area contributed by atoms with Gasteiger partial charge in [0.25, 0.3) is 5.91 Å². The summed E-state index contributed by atoms with van der Waals surface area (Å²) in [6.07, 6.45) is 3.52. The number of nitrogens with zero attached hydrogens (tertiary/aromatic N) is 6. The van der Waals surface area contributed by atoms with Crippen LogP contribution in [0.2, 0.25) is 0 Å². The predicted molar refractivity (Wildman–Crippen MR) is 155 cm³/mol. The van der Waals surface area contributed by atoms with E-state index in [1.807, 2.05) is 44.7 Å². The van der Waals surface area contributed by atoms with E-state index in [-0.39, 0.29) is 35.7 Å². The monoisotopic (exact) mass is 549 g/mol. The van der Waals surface area contributed by atoms with Gasteiger partial charge in [0.2, 0.25) is 11.9 Å². The number of anilines is 4. The van der Waals surface area contributed by atoms with Crippen molar-refractivity contribution >= 4 is 46.8 Å². The number of fused-ring (bicyclic) bond motifs is 1. The number of hydrogen-bond acceptors (Lipinski definition) is 8. The molecule has 2 saturated heterocycles. The highest BCUT2D eigenvalue weighted by molar-refractivity contribution is 6.21. The molecule has 0 spiro atoms. The van der Waals surface area contributed by atoms with E-state index in [2.05, 4.69) is 10.3 Å². The molecular weight excluding hydrogens is 510 g/mol. The molecule has 0 radical (unpaired) electrons. The van der Waals surface area contributed by atoms with Crippen LogP contribution in [0.4, 0.5) is 27.9 Å². The second kappa shape index (κ2) is 12.0.